The summed E-state index contributed by atoms with van der Waals surface area (Å²) in [5, 5.41) is 23.6. The van der Waals surface area contributed by atoms with E-state index in [1.54, 1.807) is 0 Å². The van der Waals surface area contributed by atoms with Gasteiger partial charge in [0, 0.05) is 0 Å². The van der Waals surface area contributed by atoms with Crippen LogP contribution in [0.4, 0.5) is 4.79 Å². The minimum Gasteiger partial charge on any atom is -0.393 e. The Hall–Kier alpha value is -0.590. The van der Waals surface area contributed by atoms with Crippen molar-refractivity contribution >= 4 is 22.9 Å². The number of aliphatic hydroxyl groups excluding tert-OH is 2. The zero-order valence-corrected chi connectivity index (χ0v) is 20.0. The van der Waals surface area contributed by atoms with Gasteiger partial charge in [-0.25, -0.2) is 0 Å². The molecule has 5 aliphatic rings. The molecule has 4 aliphatic carbocycles. The van der Waals surface area contributed by atoms with E-state index in [4.69, 9.17) is 0 Å². The minimum absolute atomic E-state index is 0.119. The molecule has 1 aliphatic heterocycles. The number of nitrogens with one attached hydrogen (secondary N) is 1. The van der Waals surface area contributed by atoms with Gasteiger partial charge in [-0.15, -0.1) is 0 Å². The highest BCUT2D eigenvalue weighted by Gasteiger charge is 2.63. The van der Waals surface area contributed by atoms with Gasteiger partial charge in [0.1, 0.15) is 0 Å². The molecule has 2 amide bonds. The van der Waals surface area contributed by atoms with Gasteiger partial charge in [-0.05, 0) is 104 Å². The van der Waals surface area contributed by atoms with Crippen molar-refractivity contribution in [2.45, 2.75) is 96.0 Å². The summed E-state index contributed by atoms with van der Waals surface area (Å²) in [7, 11) is 0. The van der Waals surface area contributed by atoms with Gasteiger partial charge in [0.25, 0.3) is 5.24 Å². The van der Waals surface area contributed by atoms with E-state index in [0.717, 1.165) is 43.9 Å². The number of rotatable bonds is 3. The van der Waals surface area contributed by atoms with Gasteiger partial charge in [-0.3, -0.25) is 14.9 Å². The topological polar surface area (TPSA) is 86.6 Å². The smallest absolute Gasteiger partial charge is 0.286 e. The monoisotopic (exact) mass is 449 g/mol. The lowest BCUT2D eigenvalue weighted by Gasteiger charge is -2.62. The van der Waals surface area contributed by atoms with E-state index in [9.17, 15) is 19.8 Å². The van der Waals surface area contributed by atoms with E-state index in [1.165, 1.54) is 25.7 Å². The van der Waals surface area contributed by atoms with Gasteiger partial charge >= 0.3 is 0 Å². The Kier molecular flexibility index (Phi) is 5.54. The second-order valence-corrected chi connectivity index (χ2v) is 13.2. The molecule has 1 heterocycles. The van der Waals surface area contributed by atoms with E-state index in [0.29, 0.717) is 35.5 Å². The number of hydrogen-bond acceptors (Lipinski definition) is 5. The third-order valence-corrected chi connectivity index (χ3v) is 11.8. The van der Waals surface area contributed by atoms with Crippen molar-refractivity contribution in [2.24, 2.45) is 46.3 Å². The molecule has 0 spiro atoms. The second kappa shape index (κ2) is 7.73. The van der Waals surface area contributed by atoms with Crippen LogP contribution in [-0.4, -0.2) is 38.8 Å². The highest BCUT2D eigenvalue weighted by atomic mass is 32.2. The van der Waals surface area contributed by atoms with Gasteiger partial charge in [0.15, 0.2) is 0 Å². The van der Waals surface area contributed by atoms with Gasteiger partial charge in [0.2, 0.25) is 5.91 Å². The van der Waals surface area contributed by atoms with Crippen LogP contribution in [0.3, 0.4) is 0 Å². The molecule has 4 saturated carbocycles. The highest BCUT2D eigenvalue weighted by molar-refractivity contribution is 8.15. The average molecular weight is 450 g/mol. The molecule has 6 unspecified atom stereocenters. The maximum atomic E-state index is 12.1. The molecule has 0 radical (unpaired) electrons. The summed E-state index contributed by atoms with van der Waals surface area (Å²) < 4.78 is 0. The number of fused-ring (bicyclic) bond motifs is 5. The Bertz CT molecular complexity index is 760. The number of thioether (sulfide) groups is 1. The maximum absolute atomic E-state index is 12.1. The number of amides is 2. The number of imide groups is 1. The SMILES string of the molecule is C[C@H](C[C@@H]1SC(=O)NC1=O)C1CCC2C3C(CC[C@@]21C)C1(C)CC[C@@H](O)CC1C[C@H]3O. The lowest BCUT2D eigenvalue weighted by atomic mass is 9.43. The molecule has 5 nitrogen and oxygen atoms in total. The average Bonchev–Trinajstić information content (AvgIpc) is 3.21. The van der Waals surface area contributed by atoms with Crippen LogP contribution in [0.2, 0.25) is 0 Å². The van der Waals surface area contributed by atoms with Gasteiger partial charge in [-0.1, -0.05) is 32.5 Å². The Morgan fingerprint density at radius 2 is 1.74 bits per heavy atom. The fraction of sp³-hybridized carbons (Fsp3) is 0.920. The Morgan fingerprint density at radius 3 is 2.45 bits per heavy atom. The fourth-order valence-corrected chi connectivity index (χ4v) is 10.2. The maximum Gasteiger partial charge on any atom is 0.286 e. The summed E-state index contributed by atoms with van der Waals surface area (Å²) in [6.07, 6.45) is 8.77. The lowest BCUT2D eigenvalue weighted by Crippen LogP contribution is -2.58. The van der Waals surface area contributed by atoms with E-state index >= 15 is 0 Å². The van der Waals surface area contributed by atoms with Crippen LogP contribution in [0.15, 0.2) is 0 Å². The number of carbonyl (C=O) groups is 2. The molecule has 0 aromatic rings. The molecule has 11 atom stereocenters. The summed E-state index contributed by atoms with van der Waals surface area (Å²) >= 11 is 1.16. The van der Waals surface area contributed by atoms with E-state index in [2.05, 4.69) is 26.1 Å². The second-order valence-electron chi connectivity index (χ2n) is 12.0. The highest BCUT2D eigenvalue weighted by Crippen LogP contribution is 2.68. The van der Waals surface area contributed by atoms with Crippen molar-refractivity contribution in [1.82, 2.24) is 5.32 Å². The molecule has 174 valence electrons. The number of carbonyl (C=O) groups excluding carboxylic acids is 2. The van der Waals surface area contributed by atoms with E-state index in [-0.39, 0.29) is 39.4 Å². The molecule has 0 bridgehead atoms. The van der Waals surface area contributed by atoms with Crippen molar-refractivity contribution in [3.05, 3.63) is 0 Å². The standard InChI is InChI=1S/C25H39NO4S/c1-13(10-20-22(29)26-23(30)31-20)16-4-5-17-21-18(7-9-25(16,17)3)24(2)8-6-15(27)11-14(24)12-19(21)28/h13-21,27-28H,4-12H2,1-3H3,(H,26,29,30)/t13-,14?,15-,16?,17?,18?,19-,20+,21?,24?,25-/m1/s1. The van der Waals surface area contributed by atoms with Crippen molar-refractivity contribution in [3.63, 3.8) is 0 Å². The summed E-state index contributed by atoms with van der Waals surface area (Å²) in [4.78, 5) is 23.7. The fourth-order valence-electron chi connectivity index (χ4n) is 9.23. The van der Waals surface area contributed by atoms with Crippen molar-refractivity contribution in [1.29, 1.82) is 0 Å². The van der Waals surface area contributed by atoms with E-state index in [1.807, 2.05) is 0 Å². The first-order chi connectivity index (χ1) is 14.6. The van der Waals surface area contributed by atoms with Crippen LogP contribution in [0.25, 0.3) is 0 Å². The van der Waals surface area contributed by atoms with Crippen LogP contribution < -0.4 is 5.32 Å². The van der Waals surface area contributed by atoms with Gasteiger partial charge < -0.3 is 10.2 Å². The van der Waals surface area contributed by atoms with Crippen LogP contribution >= 0.6 is 11.8 Å². The van der Waals surface area contributed by atoms with Crippen LogP contribution in [0, 0.1) is 46.3 Å². The number of aliphatic hydroxyl groups is 2. The molecule has 5 rings (SSSR count). The van der Waals surface area contributed by atoms with Crippen LogP contribution in [0.5, 0.6) is 0 Å². The molecular formula is C25H39NO4S. The first kappa shape index (κ1) is 22.2. The molecule has 6 heteroatoms. The molecule has 1 saturated heterocycles. The van der Waals surface area contributed by atoms with Crippen LogP contribution in [0.1, 0.15) is 78.6 Å². The van der Waals surface area contributed by atoms with Crippen LogP contribution in [-0.2, 0) is 4.79 Å². The Labute approximate surface area is 190 Å². The van der Waals surface area contributed by atoms with Crippen molar-refractivity contribution in [3.8, 4) is 0 Å². The zero-order valence-electron chi connectivity index (χ0n) is 19.2. The molecular weight excluding hydrogens is 410 g/mol. The summed E-state index contributed by atoms with van der Waals surface area (Å²) in [5.41, 5.74) is 0.468. The minimum atomic E-state index is -0.249. The number of hydrogen-bond donors (Lipinski definition) is 3. The summed E-state index contributed by atoms with van der Waals surface area (Å²) in [5.74, 6) is 2.76. The quantitative estimate of drug-likeness (QED) is 0.596. The molecule has 0 aromatic heterocycles. The predicted molar refractivity (Wildman–Crippen MR) is 121 cm³/mol. The van der Waals surface area contributed by atoms with Gasteiger partial charge in [0.05, 0.1) is 17.5 Å². The molecule has 31 heavy (non-hydrogen) atoms. The molecule has 0 aromatic carbocycles. The molecule has 3 N–H and O–H groups in total. The summed E-state index contributed by atoms with van der Waals surface area (Å²) in [6.45, 7) is 7.19. The summed E-state index contributed by atoms with van der Waals surface area (Å²) in [6, 6.07) is 0. The lowest BCUT2D eigenvalue weighted by molar-refractivity contribution is -0.174. The van der Waals surface area contributed by atoms with Crippen molar-refractivity contribution < 1.29 is 19.8 Å². The van der Waals surface area contributed by atoms with Crippen molar-refractivity contribution in [2.75, 3.05) is 0 Å². The molecule has 5 fully saturated rings. The normalized spacial score (nSPS) is 52.8. The van der Waals surface area contributed by atoms with Gasteiger partial charge in [-0.2, -0.15) is 0 Å². The largest absolute Gasteiger partial charge is 0.393 e. The third-order valence-electron chi connectivity index (χ3n) is 10.8. The van der Waals surface area contributed by atoms with E-state index < -0.39 is 0 Å². The first-order valence-corrected chi connectivity index (χ1v) is 13.4. The zero-order chi connectivity index (χ0) is 22.1. The Balaban J connectivity index is 1.35. The predicted octanol–water partition coefficient (Wildman–Crippen LogP) is 4.35. The first-order valence-electron chi connectivity index (χ1n) is 12.5. The third kappa shape index (κ3) is 3.42. The Morgan fingerprint density at radius 1 is 1.03 bits per heavy atom.